The number of esters is 1. The van der Waals surface area contributed by atoms with Crippen molar-refractivity contribution in [1.82, 2.24) is 0 Å². The minimum atomic E-state index is -1.04. The summed E-state index contributed by atoms with van der Waals surface area (Å²) in [7, 11) is 0. The Morgan fingerprint density at radius 2 is 1.21 bits per heavy atom. The predicted molar refractivity (Wildman–Crippen MR) is 90.2 cm³/mol. The van der Waals surface area contributed by atoms with Gasteiger partial charge in [0.2, 0.25) is 0 Å². The zero-order valence-electron chi connectivity index (χ0n) is 12.7. The number of hydrogen-bond donors (Lipinski definition) is 1. The summed E-state index contributed by atoms with van der Waals surface area (Å²) in [6, 6.07) is 22.7. The number of rotatable bonds is 4. The molecule has 0 heterocycles. The minimum Gasteiger partial charge on any atom is -0.478 e. The summed E-state index contributed by atoms with van der Waals surface area (Å²) in [5.74, 6) is -1.13. The zero-order chi connectivity index (χ0) is 16.9. The van der Waals surface area contributed by atoms with Crippen molar-refractivity contribution < 1.29 is 19.4 Å². The van der Waals surface area contributed by atoms with Crippen LogP contribution < -0.4 is 4.74 Å². The van der Waals surface area contributed by atoms with Gasteiger partial charge in [-0.3, -0.25) is 0 Å². The van der Waals surface area contributed by atoms with Crippen molar-refractivity contribution in [2.45, 2.75) is 0 Å². The van der Waals surface area contributed by atoms with Crippen LogP contribution >= 0.6 is 0 Å². The minimum absolute atomic E-state index is 0.124. The largest absolute Gasteiger partial charge is 0.478 e. The van der Waals surface area contributed by atoms with Gasteiger partial charge in [0.1, 0.15) is 5.75 Å². The molecule has 4 heteroatoms. The molecule has 0 radical (unpaired) electrons. The Morgan fingerprint density at radius 3 is 1.79 bits per heavy atom. The third kappa shape index (κ3) is 3.50. The van der Waals surface area contributed by atoms with Crippen molar-refractivity contribution in [3.8, 4) is 16.9 Å². The van der Waals surface area contributed by atoms with Gasteiger partial charge in [0, 0.05) is 0 Å². The molecule has 3 rings (SSSR count). The van der Waals surface area contributed by atoms with Crippen LogP contribution in [0.5, 0.6) is 5.75 Å². The molecule has 0 fully saturated rings. The Morgan fingerprint density at radius 1 is 0.667 bits per heavy atom. The number of carbonyl (C=O) groups is 2. The first-order chi connectivity index (χ1) is 11.6. The number of carboxylic acid groups (broad SMARTS) is 1. The van der Waals surface area contributed by atoms with Crippen LogP contribution in [-0.4, -0.2) is 17.0 Å². The van der Waals surface area contributed by atoms with Gasteiger partial charge in [0.15, 0.2) is 0 Å². The summed E-state index contributed by atoms with van der Waals surface area (Å²) in [5.41, 5.74) is 2.53. The van der Waals surface area contributed by atoms with Gasteiger partial charge in [-0.1, -0.05) is 42.5 Å². The maximum atomic E-state index is 12.1. The molecule has 1 N–H and O–H groups in total. The monoisotopic (exact) mass is 318 g/mol. The number of carboxylic acids is 1. The smallest absolute Gasteiger partial charge is 0.343 e. The third-order valence-corrected chi connectivity index (χ3v) is 3.54. The fourth-order valence-corrected chi connectivity index (χ4v) is 2.26. The van der Waals surface area contributed by atoms with Crippen molar-refractivity contribution >= 4 is 11.9 Å². The van der Waals surface area contributed by atoms with E-state index < -0.39 is 11.9 Å². The van der Waals surface area contributed by atoms with E-state index in [9.17, 15) is 9.59 Å². The van der Waals surface area contributed by atoms with E-state index in [4.69, 9.17) is 9.84 Å². The molecule has 0 unspecified atom stereocenters. The molecule has 118 valence electrons. The van der Waals surface area contributed by atoms with Crippen molar-refractivity contribution in [3.05, 3.63) is 90.0 Å². The quantitative estimate of drug-likeness (QED) is 0.576. The standard InChI is InChI=1S/C20H14O4/c21-19(22)16-6-8-17(9-7-16)20(23)24-18-12-10-15(11-13-18)14-4-2-1-3-5-14/h1-13H,(H,21,22). The van der Waals surface area contributed by atoms with E-state index in [2.05, 4.69) is 0 Å². The molecular formula is C20H14O4. The molecule has 0 saturated carbocycles. The van der Waals surface area contributed by atoms with E-state index >= 15 is 0 Å². The molecule has 0 spiro atoms. The summed E-state index contributed by atoms with van der Waals surface area (Å²) in [6.07, 6.45) is 0. The first-order valence-corrected chi connectivity index (χ1v) is 7.34. The van der Waals surface area contributed by atoms with Gasteiger partial charge in [-0.15, -0.1) is 0 Å². The molecule has 0 aromatic heterocycles. The van der Waals surface area contributed by atoms with Gasteiger partial charge in [0.25, 0.3) is 0 Å². The van der Waals surface area contributed by atoms with Gasteiger partial charge in [0.05, 0.1) is 11.1 Å². The average molecular weight is 318 g/mol. The summed E-state index contributed by atoms with van der Waals surface area (Å²) in [5, 5.41) is 8.85. The predicted octanol–water partition coefficient (Wildman–Crippen LogP) is 4.27. The van der Waals surface area contributed by atoms with Crippen molar-refractivity contribution in [2.75, 3.05) is 0 Å². The highest BCUT2D eigenvalue weighted by molar-refractivity contribution is 5.93. The Hall–Kier alpha value is -3.40. The van der Waals surface area contributed by atoms with Crippen molar-refractivity contribution in [1.29, 1.82) is 0 Å². The molecular weight excluding hydrogens is 304 g/mol. The van der Waals surface area contributed by atoms with E-state index in [1.54, 1.807) is 12.1 Å². The molecule has 4 nitrogen and oxygen atoms in total. The third-order valence-electron chi connectivity index (χ3n) is 3.54. The summed E-state index contributed by atoms with van der Waals surface area (Å²) >= 11 is 0. The van der Waals surface area contributed by atoms with E-state index in [0.717, 1.165) is 11.1 Å². The summed E-state index contributed by atoms with van der Waals surface area (Å²) < 4.78 is 5.31. The maximum Gasteiger partial charge on any atom is 0.343 e. The van der Waals surface area contributed by atoms with Crippen LogP contribution in [0.3, 0.4) is 0 Å². The first-order valence-electron chi connectivity index (χ1n) is 7.34. The Labute approximate surface area is 139 Å². The van der Waals surface area contributed by atoms with Crippen LogP contribution in [-0.2, 0) is 0 Å². The van der Waals surface area contributed by atoms with Crippen LogP contribution in [0.15, 0.2) is 78.9 Å². The molecule has 3 aromatic rings. The van der Waals surface area contributed by atoms with Crippen LogP contribution in [0.1, 0.15) is 20.7 Å². The molecule has 0 bridgehead atoms. The summed E-state index contributed by atoms with van der Waals surface area (Å²) in [6.45, 7) is 0. The van der Waals surface area contributed by atoms with E-state index in [0.29, 0.717) is 11.3 Å². The maximum absolute atomic E-state index is 12.1. The molecule has 0 aliphatic rings. The fourth-order valence-electron chi connectivity index (χ4n) is 2.26. The SMILES string of the molecule is O=C(O)c1ccc(C(=O)Oc2ccc(-c3ccccc3)cc2)cc1. The van der Waals surface area contributed by atoms with Crippen molar-refractivity contribution in [2.24, 2.45) is 0 Å². The van der Waals surface area contributed by atoms with Gasteiger partial charge in [-0.05, 0) is 47.5 Å². The van der Waals surface area contributed by atoms with Gasteiger partial charge in [-0.2, -0.15) is 0 Å². The second kappa shape index (κ2) is 6.79. The summed E-state index contributed by atoms with van der Waals surface area (Å²) in [4.78, 5) is 22.9. The molecule has 3 aromatic carbocycles. The lowest BCUT2D eigenvalue weighted by atomic mass is 10.1. The van der Waals surface area contributed by atoms with Crippen LogP contribution in [0.2, 0.25) is 0 Å². The zero-order valence-corrected chi connectivity index (χ0v) is 12.7. The number of ether oxygens (including phenoxy) is 1. The molecule has 24 heavy (non-hydrogen) atoms. The highest BCUT2D eigenvalue weighted by atomic mass is 16.5. The normalized spacial score (nSPS) is 10.2. The van der Waals surface area contributed by atoms with Gasteiger partial charge < -0.3 is 9.84 Å². The lowest BCUT2D eigenvalue weighted by Gasteiger charge is -2.06. The molecule has 0 amide bonds. The highest BCUT2D eigenvalue weighted by Crippen LogP contribution is 2.22. The van der Waals surface area contributed by atoms with Crippen LogP contribution in [0, 0.1) is 0 Å². The first kappa shape index (κ1) is 15.5. The van der Waals surface area contributed by atoms with Crippen molar-refractivity contribution in [3.63, 3.8) is 0 Å². The number of aromatic carboxylic acids is 1. The second-order valence-electron chi connectivity index (χ2n) is 5.16. The second-order valence-corrected chi connectivity index (χ2v) is 5.16. The molecule has 0 saturated heterocycles. The molecule has 0 aliphatic carbocycles. The fraction of sp³-hybridized carbons (Fsp3) is 0. The molecule has 0 aliphatic heterocycles. The number of hydrogen-bond acceptors (Lipinski definition) is 3. The van der Waals surface area contributed by atoms with Crippen LogP contribution in [0.25, 0.3) is 11.1 Å². The van der Waals surface area contributed by atoms with Crippen LogP contribution in [0.4, 0.5) is 0 Å². The van der Waals surface area contributed by atoms with E-state index in [-0.39, 0.29) is 5.56 Å². The number of benzene rings is 3. The highest BCUT2D eigenvalue weighted by Gasteiger charge is 2.10. The topological polar surface area (TPSA) is 63.6 Å². The van der Waals surface area contributed by atoms with E-state index in [1.807, 2.05) is 42.5 Å². The van der Waals surface area contributed by atoms with E-state index in [1.165, 1.54) is 24.3 Å². The Kier molecular flexibility index (Phi) is 4.38. The lowest BCUT2D eigenvalue weighted by Crippen LogP contribution is -2.09. The molecule has 0 atom stereocenters. The average Bonchev–Trinajstić information content (AvgIpc) is 2.63. The van der Waals surface area contributed by atoms with Gasteiger partial charge in [-0.25, -0.2) is 9.59 Å². The Balaban J connectivity index is 1.71. The number of carbonyl (C=O) groups excluding carboxylic acids is 1. The lowest BCUT2D eigenvalue weighted by molar-refractivity contribution is 0.0691. The Bertz CT molecular complexity index is 850. The van der Waals surface area contributed by atoms with Gasteiger partial charge >= 0.3 is 11.9 Å².